The first kappa shape index (κ1) is 15.4. The molecule has 5 heteroatoms. The lowest BCUT2D eigenvalue weighted by molar-refractivity contribution is -0.141. The monoisotopic (exact) mass is 325 g/mol. The van der Waals surface area contributed by atoms with E-state index in [0.717, 1.165) is 10.0 Å². The van der Waals surface area contributed by atoms with Crippen molar-refractivity contribution in [3.63, 3.8) is 0 Å². The van der Waals surface area contributed by atoms with Gasteiger partial charge in [-0.25, -0.2) is 4.79 Å². The van der Waals surface area contributed by atoms with Gasteiger partial charge in [-0.2, -0.15) is 0 Å². The number of carboxylic acid groups (broad SMARTS) is 1. The van der Waals surface area contributed by atoms with Crippen molar-refractivity contribution in [2.24, 2.45) is 0 Å². The quantitative estimate of drug-likeness (QED) is 0.790. The average Bonchev–Trinajstić information content (AvgIpc) is 2.36. The third-order valence-corrected chi connectivity index (χ3v) is 2.96. The van der Waals surface area contributed by atoms with Crippen molar-refractivity contribution in [3.8, 4) is 0 Å². The molecule has 1 aromatic rings. The Balaban J connectivity index is 2.61. The Bertz CT molecular complexity index is 485. The molecule has 4 nitrogen and oxygen atoms in total. The number of rotatable bonds is 6. The van der Waals surface area contributed by atoms with E-state index in [1.807, 2.05) is 31.2 Å². The molecule has 0 saturated carbocycles. The van der Waals surface area contributed by atoms with E-state index >= 15 is 0 Å². The lowest BCUT2D eigenvalue weighted by Crippen LogP contribution is -2.39. The maximum atomic E-state index is 11.6. The Kier molecular flexibility index (Phi) is 6.29. The molecule has 0 aliphatic carbocycles. The third-order valence-electron chi connectivity index (χ3n) is 2.47. The topological polar surface area (TPSA) is 66.4 Å². The minimum atomic E-state index is -1.01. The number of halogens is 1. The van der Waals surface area contributed by atoms with Crippen LogP contribution in [0.25, 0.3) is 6.08 Å². The Hall–Kier alpha value is -1.62. The number of nitrogens with one attached hydrogen (secondary N) is 1. The van der Waals surface area contributed by atoms with Gasteiger partial charge in [0.15, 0.2) is 0 Å². The minimum Gasteiger partial charge on any atom is -0.480 e. The predicted molar refractivity (Wildman–Crippen MR) is 77.7 cm³/mol. The van der Waals surface area contributed by atoms with Gasteiger partial charge in [0, 0.05) is 10.5 Å². The number of hydrogen-bond donors (Lipinski definition) is 2. The highest BCUT2D eigenvalue weighted by Gasteiger charge is 2.17. The first-order valence-corrected chi connectivity index (χ1v) is 6.79. The molecular formula is C14H16BrNO3. The van der Waals surface area contributed by atoms with E-state index in [4.69, 9.17) is 5.11 Å². The standard InChI is InChI=1S/C14H16BrNO3/c1-2-4-12(14(18)19)16-13(17)8-7-10-5-3-6-11(15)9-10/h3,5-9,12H,2,4H2,1H3,(H,16,17)(H,18,19)/b8-7+/t12-/m1/s1. The van der Waals surface area contributed by atoms with Gasteiger partial charge in [0.05, 0.1) is 0 Å². The van der Waals surface area contributed by atoms with Crippen molar-refractivity contribution in [3.05, 3.63) is 40.4 Å². The summed E-state index contributed by atoms with van der Waals surface area (Å²) in [4.78, 5) is 22.5. The van der Waals surface area contributed by atoms with Crippen LogP contribution in [-0.2, 0) is 9.59 Å². The van der Waals surface area contributed by atoms with E-state index in [1.54, 1.807) is 6.08 Å². The summed E-state index contributed by atoms with van der Waals surface area (Å²) in [6, 6.07) is 6.64. The molecule has 0 aliphatic rings. The van der Waals surface area contributed by atoms with Gasteiger partial charge in [-0.05, 0) is 30.2 Å². The van der Waals surface area contributed by atoms with Gasteiger partial charge < -0.3 is 10.4 Å². The van der Waals surface area contributed by atoms with Gasteiger partial charge in [0.1, 0.15) is 6.04 Å². The SMILES string of the molecule is CCC[C@@H](NC(=O)/C=C/c1cccc(Br)c1)C(=O)O. The second-order valence-electron chi connectivity index (χ2n) is 4.08. The van der Waals surface area contributed by atoms with Gasteiger partial charge in [-0.3, -0.25) is 4.79 Å². The smallest absolute Gasteiger partial charge is 0.326 e. The number of carbonyl (C=O) groups is 2. The van der Waals surface area contributed by atoms with Gasteiger partial charge in [-0.15, -0.1) is 0 Å². The number of carboxylic acids is 1. The molecule has 0 fully saturated rings. The molecule has 1 rings (SSSR count). The van der Waals surface area contributed by atoms with Crippen molar-refractivity contribution in [1.82, 2.24) is 5.32 Å². The van der Waals surface area contributed by atoms with Crippen LogP contribution >= 0.6 is 15.9 Å². The molecule has 2 N–H and O–H groups in total. The lowest BCUT2D eigenvalue weighted by atomic mass is 10.1. The van der Waals surface area contributed by atoms with Gasteiger partial charge in [0.25, 0.3) is 0 Å². The van der Waals surface area contributed by atoms with Crippen LogP contribution in [0.5, 0.6) is 0 Å². The van der Waals surface area contributed by atoms with Crippen molar-refractivity contribution in [2.75, 3.05) is 0 Å². The molecule has 0 heterocycles. The number of amides is 1. The fourth-order valence-corrected chi connectivity index (χ4v) is 1.97. The summed E-state index contributed by atoms with van der Waals surface area (Å²) in [5, 5.41) is 11.4. The van der Waals surface area contributed by atoms with E-state index in [9.17, 15) is 9.59 Å². The molecule has 0 unspecified atom stereocenters. The molecular weight excluding hydrogens is 310 g/mol. The number of benzene rings is 1. The van der Waals surface area contributed by atoms with Gasteiger partial charge in [0.2, 0.25) is 5.91 Å². The molecule has 0 aliphatic heterocycles. The van der Waals surface area contributed by atoms with E-state index < -0.39 is 17.9 Å². The fraction of sp³-hybridized carbons (Fsp3) is 0.286. The highest BCUT2D eigenvalue weighted by atomic mass is 79.9. The molecule has 0 saturated heterocycles. The molecule has 0 aromatic heterocycles. The van der Waals surface area contributed by atoms with Crippen LogP contribution in [0.15, 0.2) is 34.8 Å². The lowest BCUT2D eigenvalue weighted by Gasteiger charge is -2.11. The summed E-state index contributed by atoms with van der Waals surface area (Å²) < 4.78 is 0.921. The maximum Gasteiger partial charge on any atom is 0.326 e. The van der Waals surface area contributed by atoms with Crippen LogP contribution < -0.4 is 5.32 Å². The number of carbonyl (C=O) groups excluding carboxylic acids is 1. The molecule has 1 atom stereocenters. The second-order valence-corrected chi connectivity index (χ2v) is 4.99. The van der Waals surface area contributed by atoms with Gasteiger partial charge in [-0.1, -0.05) is 41.4 Å². The van der Waals surface area contributed by atoms with Crippen LogP contribution in [0.4, 0.5) is 0 Å². The van der Waals surface area contributed by atoms with Gasteiger partial charge >= 0.3 is 5.97 Å². The average molecular weight is 326 g/mol. The molecule has 0 bridgehead atoms. The summed E-state index contributed by atoms with van der Waals surface area (Å²) in [6.45, 7) is 1.87. The number of hydrogen-bond acceptors (Lipinski definition) is 2. The van der Waals surface area contributed by atoms with Crippen molar-refractivity contribution in [1.29, 1.82) is 0 Å². The van der Waals surface area contributed by atoms with Crippen LogP contribution in [-0.4, -0.2) is 23.0 Å². The summed E-state index contributed by atoms with van der Waals surface area (Å²) >= 11 is 3.34. The number of aliphatic carboxylic acids is 1. The van der Waals surface area contributed by atoms with E-state index in [1.165, 1.54) is 6.08 Å². The molecule has 102 valence electrons. The van der Waals surface area contributed by atoms with E-state index in [0.29, 0.717) is 12.8 Å². The first-order valence-electron chi connectivity index (χ1n) is 6.00. The molecule has 0 radical (unpaired) electrons. The summed E-state index contributed by atoms with van der Waals surface area (Å²) in [5.74, 6) is -1.41. The summed E-state index contributed by atoms with van der Waals surface area (Å²) in [5.41, 5.74) is 0.867. The Morgan fingerprint density at radius 2 is 2.21 bits per heavy atom. The van der Waals surface area contributed by atoms with E-state index in [-0.39, 0.29) is 0 Å². The fourth-order valence-electron chi connectivity index (χ4n) is 1.55. The Morgan fingerprint density at radius 3 is 2.79 bits per heavy atom. The van der Waals surface area contributed by atoms with Crippen molar-refractivity contribution in [2.45, 2.75) is 25.8 Å². The second kappa shape index (κ2) is 7.74. The third kappa shape index (κ3) is 5.70. The van der Waals surface area contributed by atoms with Crippen LogP contribution in [0.3, 0.4) is 0 Å². The normalized spacial score (nSPS) is 12.3. The van der Waals surface area contributed by atoms with Crippen LogP contribution in [0, 0.1) is 0 Å². The zero-order valence-electron chi connectivity index (χ0n) is 10.6. The summed E-state index contributed by atoms with van der Waals surface area (Å²) in [6.07, 6.45) is 4.11. The Labute approximate surface area is 120 Å². The van der Waals surface area contributed by atoms with Crippen LogP contribution in [0.2, 0.25) is 0 Å². The molecule has 1 aromatic carbocycles. The highest BCUT2D eigenvalue weighted by Crippen LogP contribution is 2.12. The summed E-state index contributed by atoms with van der Waals surface area (Å²) in [7, 11) is 0. The molecule has 0 spiro atoms. The van der Waals surface area contributed by atoms with Crippen molar-refractivity contribution >= 4 is 33.9 Å². The first-order chi connectivity index (χ1) is 9.02. The van der Waals surface area contributed by atoms with Crippen LogP contribution in [0.1, 0.15) is 25.3 Å². The van der Waals surface area contributed by atoms with E-state index in [2.05, 4.69) is 21.2 Å². The zero-order chi connectivity index (χ0) is 14.3. The van der Waals surface area contributed by atoms with Crippen molar-refractivity contribution < 1.29 is 14.7 Å². The highest BCUT2D eigenvalue weighted by molar-refractivity contribution is 9.10. The Morgan fingerprint density at radius 1 is 1.47 bits per heavy atom. The predicted octanol–water partition coefficient (Wildman–Crippen LogP) is 2.83. The zero-order valence-corrected chi connectivity index (χ0v) is 12.2. The largest absolute Gasteiger partial charge is 0.480 e. The molecule has 19 heavy (non-hydrogen) atoms. The molecule has 1 amide bonds. The maximum absolute atomic E-state index is 11.6. The minimum absolute atomic E-state index is 0.402.